The van der Waals surface area contributed by atoms with Gasteiger partial charge in [0.1, 0.15) is 16.5 Å². The molecule has 0 saturated carbocycles. The van der Waals surface area contributed by atoms with Crippen molar-refractivity contribution < 1.29 is 14.3 Å². The molecular formula is C25H26N4O3S. The number of anilines is 1. The first-order valence-corrected chi connectivity index (χ1v) is 12.0. The Bertz CT molecular complexity index is 1160. The van der Waals surface area contributed by atoms with Gasteiger partial charge in [0.25, 0.3) is 11.8 Å². The van der Waals surface area contributed by atoms with Crippen LogP contribution in [0.15, 0.2) is 53.9 Å². The van der Waals surface area contributed by atoms with Gasteiger partial charge < -0.3 is 9.64 Å². The fourth-order valence-electron chi connectivity index (χ4n) is 4.22. The fourth-order valence-corrected chi connectivity index (χ4v) is 4.97. The standard InChI is InChI=1S/C25H26N4O3S/c1-18-7-8-22-21(13-18)29(24(30)16-32-22)15-23-26-20(17-33-23)25(31)28-11-9-27(10-12-28)14-19-5-3-2-4-6-19/h2-8,13,17H,9-12,14-16H2,1H3. The number of aromatic nitrogens is 1. The lowest BCUT2D eigenvalue weighted by Gasteiger charge is -2.34. The van der Waals surface area contributed by atoms with E-state index in [-0.39, 0.29) is 18.4 Å². The highest BCUT2D eigenvalue weighted by molar-refractivity contribution is 7.09. The van der Waals surface area contributed by atoms with E-state index < -0.39 is 0 Å². The van der Waals surface area contributed by atoms with Gasteiger partial charge in [0.2, 0.25) is 0 Å². The summed E-state index contributed by atoms with van der Waals surface area (Å²) in [5.41, 5.74) is 3.55. The molecule has 0 aliphatic carbocycles. The van der Waals surface area contributed by atoms with E-state index in [4.69, 9.17) is 4.74 Å². The van der Waals surface area contributed by atoms with E-state index in [1.54, 1.807) is 10.3 Å². The van der Waals surface area contributed by atoms with Gasteiger partial charge in [-0.05, 0) is 30.2 Å². The molecule has 0 bridgehead atoms. The molecule has 0 unspecified atom stereocenters. The maximum Gasteiger partial charge on any atom is 0.273 e. The first-order chi connectivity index (χ1) is 16.1. The minimum atomic E-state index is -0.106. The summed E-state index contributed by atoms with van der Waals surface area (Å²) in [4.78, 5) is 36.1. The van der Waals surface area contributed by atoms with Gasteiger partial charge >= 0.3 is 0 Å². The van der Waals surface area contributed by atoms with Crippen molar-refractivity contribution in [1.29, 1.82) is 0 Å². The predicted molar refractivity (Wildman–Crippen MR) is 128 cm³/mol. The second-order valence-electron chi connectivity index (χ2n) is 8.42. The van der Waals surface area contributed by atoms with Crippen molar-refractivity contribution in [1.82, 2.24) is 14.8 Å². The molecule has 8 heteroatoms. The first kappa shape index (κ1) is 21.6. The molecule has 3 aromatic rings. The Morgan fingerprint density at radius 3 is 2.64 bits per heavy atom. The van der Waals surface area contributed by atoms with Crippen LogP contribution in [0.25, 0.3) is 0 Å². The zero-order chi connectivity index (χ0) is 22.8. The first-order valence-electron chi connectivity index (χ1n) is 11.1. The fraction of sp³-hybridized carbons (Fsp3) is 0.320. The maximum absolute atomic E-state index is 13.0. The molecule has 1 aromatic heterocycles. The summed E-state index contributed by atoms with van der Waals surface area (Å²) in [7, 11) is 0. The number of rotatable bonds is 5. The van der Waals surface area contributed by atoms with Crippen molar-refractivity contribution in [2.75, 3.05) is 37.7 Å². The normalized spacial score (nSPS) is 16.5. The number of carbonyl (C=O) groups excluding carboxylic acids is 2. The molecule has 2 amide bonds. The van der Waals surface area contributed by atoms with E-state index in [2.05, 4.69) is 34.1 Å². The largest absolute Gasteiger partial charge is 0.482 e. The summed E-state index contributed by atoms with van der Waals surface area (Å²) in [6.07, 6.45) is 0. The lowest BCUT2D eigenvalue weighted by molar-refractivity contribution is -0.121. The van der Waals surface area contributed by atoms with Crippen LogP contribution in [0.5, 0.6) is 5.75 Å². The number of thiazole rings is 1. The van der Waals surface area contributed by atoms with Gasteiger partial charge in [0.15, 0.2) is 6.61 Å². The van der Waals surface area contributed by atoms with Crippen molar-refractivity contribution in [2.45, 2.75) is 20.0 Å². The molecule has 7 nitrogen and oxygen atoms in total. The third-order valence-corrected chi connectivity index (χ3v) is 6.86. The minimum Gasteiger partial charge on any atom is -0.482 e. The number of hydrogen-bond donors (Lipinski definition) is 0. The Labute approximate surface area is 197 Å². The molecule has 0 atom stereocenters. The Morgan fingerprint density at radius 1 is 1.06 bits per heavy atom. The van der Waals surface area contributed by atoms with Gasteiger partial charge in [-0.2, -0.15) is 0 Å². The van der Waals surface area contributed by atoms with Crippen molar-refractivity contribution in [2.24, 2.45) is 0 Å². The van der Waals surface area contributed by atoms with Gasteiger partial charge in [-0.1, -0.05) is 36.4 Å². The van der Waals surface area contributed by atoms with Gasteiger partial charge in [-0.25, -0.2) is 4.98 Å². The highest BCUT2D eigenvalue weighted by Crippen LogP contribution is 2.34. The van der Waals surface area contributed by atoms with Crippen LogP contribution in [0.2, 0.25) is 0 Å². The summed E-state index contributed by atoms with van der Waals surface area (Å²) in [5.74, 6) is 0.550. The van der Waals surface area contributed by atoms with Gasteiger partial charge in [0.05, 0.1) is 12.2 Å². The predicted octanol–water partition coefficient (Wildman–Crippen LogP) is 3.34. The van der Waals surface area contributed by atoms with Crippen LogP contribution in [0.3, 0.4) is 0 Å². The topological polar surface area (TPSA) is 66.0 Å². The second-order valence-corrected chi connectivity index (χ2v) is 9.36. The number of aryl methyl sites for hydroxylation is 1. The summed E-state index contributed by atoms with van der Waals surface area (Å²) < 4.78 is 5.55. The van der Waals surface area contributed by atoms with Crippen molar-refractivity contribution in [3.63, 3.8) is 0 Å². The zero-order valence-corrected chi connectivity index (χ0v) is 19.4. The number of benzene rings is 2. The van der Waals surface area contributed by atoms with Gasteiger partial charge in [-0.3, -0.25) is 19.4 Å². The Balaban J connectivity index is 1.21. The summed E-state index contributed by atoms with van der Waals surface area (Å²) in [5, 5.41) is 2.54. The molecule has 5 rings (SSSR count). The highest BCUT2D eigenvalue weighted by Gasteiger charge is 2.28. The van der Waals surface area contributed by atoms with Crippen molar-refractivity contribution in [3.8, 4) is 5.75 Å². The molecule has 0 radical (unpaired) electrons. The number of hydrogen-bond acceptors (Lipinski definition) is 6. The van der Waals surface area contributed by atoms with Crippen molar-refractivity contribution in [3.05, 3.63) is 75.7 Å². The van der Waals surface area contributed by atoms with E-state index >= 15 is 0 Å². The molecule has 33 heavy (non-hydrogen) atoms. The van der Waals surface area contributed by atoms with Crippen LogP contribution in [0.4, 0.5) is 5.69 Å². The molecule has 2 aliphatic heterocycles. The maximum atomic E-state index is 13.0. The molecule has 1 saturated heterocycles. The third-order valence-electron chi connectivity index (χ3n) is 6.03. The zero-order valence-electron chi connectivity index (χ0n) is 18.6. The molecule has 3 heterocycles. The minimum absolute atomic E-state index is 0.0144. The monoisotopic (exact) mass is 462 g/mol. The van der Waals surface area contributed by atoms with Crippen LogP contribution >= 0.6 is 11.3 Å². The van der Waals surface area contributed by atoms with Crippen LogP contribution in [0, 0.1) is 6.92 Å². The highest BCUT2D eigenvalue weighted by atomic mass is 32.1. The quantitative estimate of drug-likeness (QED) is 0.582. The van der Waals surface area contributed by atoms with Crippen molar-refractivity contribution >= 4 is 28.8 Å². The van der Waals surface area contributed by atoms with Crippen LogP contribution in [-0.4, -0.2) is 59.4 Å². The van der Waals surface area contributed by atoms with E-state index in [0.29, 0.717) is 31.1 Å². The average Bonchev–Trinajstić information content (AvgIpc) is 3.30. The Hall–Kier alpha value is -3.23. The van der Waals surface area contributed by atoms with Gasteiger partial charge in [-0.15, -0.1) is 11.3 Å². The van der Waals surface area contributed by atoms with Crippen LogP contribution < -0.4 is 9.64 Å². The number of carbonyl (C=O) groups is 2. The molecule has 170 valence electrons. The number of ether oxygens (including phenoxy) is 1. The molecule has 1 fully saturated rings. The number of fused-ring (bicyclic) bond motifs is 1. The molecule has 2 aromatic carbocycles. The Morgan fingerprint density at radius 2 is 1.85 bits per heavy atom. The summed E-state index contributed by atoms with van der Waals surface area (Å²) in [6, 6.07) is 16.2. The van der Waals surface area contributed by atoms with Crippen LogP contribution in [0.1, 0.15) is 26.6 Å². The van der Waals surface area contributed by atoms with E-state index in [9.17, 15) is 9.59 Å². The summed E-state index contributed by atoms with van der Waals surface area (Å²) >= 11 is 1.42. The lowest BCUT2D eigenvalue weighted by atomic mass is 10.1. The summed E-state index contributed by atoms with van der Waals surface area (Å²) in [6.45, 7) is 6.30. The molecule has 0 N–H and O–H groups in total. The second kappa shape index (κ2) is 9.33. The molecule has 0 spiro atoms. The number of piperazine rings is 1. The third kappa shape index (κ3) is 4.77. The molecule has 2 aliphatic rings. The van der Waals surface area contributed by atoms with E-state index in [0.717, 1.165) is 35.9 Å². The molecular weight excluding hydrogens is 436 g/mol. The lowest BCUT2D eigenvalue weighted by Crippen LogP contribution is -2.48. The number of nitrogens with zero attached hydrogens (tertiary/aromatic N) is 4. The van der Waals surface area contributed by atoms with Crippen LogP contribution in [-0.2, 0) is 17.9 Å². The van der Waals surface area contributed by atoms with E-state index in [1.165, 1.54) is 16.9 Å². The average molecular weight is 463 g/mol. The Kier molecular flexibility index (Phi) is 6.11. The smallest absolute Gasteiger partial charge is 0.273 e. The van der Waals surface area contributed by atoms with E-state index in [1.807, 2.05) is 36.1 Å². The SMILES string of the molecule is Cc1ccc2c(c1)N(Cc1nc(C(=O)N3CCN(Cc4ccccc4)CC3)cs1)C(=O)CO2. The number of amides is 2. The van der Waals surface area contributed by atoms with Gasteiger partial charge in [0, 0.05) is 38.1 Å².